The fraction of sp³-hybridized carbons (Fsp3) is 0.667. The summed E-state index contributed by atoms with van der Waals surface area (Å²) in [5.41, 5.74) is 1.37. The number of rotatable bonds is 5. The van der Waals surface area contributed by atoms with E-state index in [0.29, 0.717) is 18.0 Å². The van der Waals surface area contributed by atoms with Gasteiger partial charge in [-0.2, -0.15) is 0 Å². The Morgan fingerprint density at radius 3 is 2.54 bits per heavy atom. The Kier molecular flexibility index (Phi) is 6.78. The van der Waals surface area contributed by atoms with Gasteiger partial charge in [-0.25, -0.2) is 0 Å². The minimum atomic E-state index is 0.437. The van der Waals surface area contributed by atoms with E-state index in [1.807, 2.05) is 7.05 Å². The molecule has 2 N–H and O–H groups in total. The smallest absolute Gasteiger partial charge is 0.191 e. The van der Waals surface area contributed by atoms with E-state index in [4.69, 9.17) is 4.74 Å². The van der Waals surface area contributed by atoms with Crippen LogP contribution in [0.4, 0.5) is 0 Å². The molecule has 0 radical (unpaired) electrons. The van der Waals surface area contributed by atoms with Gasteiger partial charge in [-0.3, -0.25) is 9.89 Å². The summed E-state index contributed by atoms with van der Waals surface area (Å²) in [6.45, 7) is 2.11. The first kappa shape index (κ1) is 19.0. The van der Waals surface area contributed by atoms with Gasteiger partial charge < -0.3 is 15.4 Å². The normalized spacial score (nSPS) is 25.3. The monoisotopic (exact) mass is 358 g/mol. The molecule has 0 amide bonds. The Morgan fingerprint density at radius 1 is 1.15 bits per heavy atom. The van der Waals surface area contributed by atoms with Crippen LogP contribution in [0.2, 0.25) is 0 Å². The Labute approximate surface area is 158 Å². The fourth-order valence-electron chi connectivity index (χ4n) is 4.49. The van der Waals surface area contributed by atoms with Gasteiger partial charge in [0.2, 0.25) is 0 Å². The molecule has 144 valence electrons. The van der Waals surface area contributed by atoms with Gasteiger partial charge in [-0.1, -0.05) is 25.0 Å². The first-order valence-corrected chi connectivity index (χ1v) is 10.0. The molecule has 1 saturated carbocycles. The van der Waals surface area contributed by atoms with Crippen LogP contribution in [0.1, 0.15) is 50.1 Å². The molecule has 5 heteroatoms. The SMILES string of the molecule is CN=C(NCC1CCCN(C)C1c1ccc(OC)cc1)NC1CCCC1. The van der Waals surface area contributed by atoms with Crippen molar-refractivity contribution in [3.8, 4) is 5.75 Å². The number of aliphatic imine (C=N–C) groups is 1. The second kappa shape index (κ2) is 9.26. The maximum Gasteiger partial charge on any atom is 0.191 e. The topological polar surface area (TPSA) is 48.9 Å². The quantitative estimate of drug-likeness (QED) is 0.627. The van der Waals surface area contributed by atoms with E-state index in [1.165, 1.54) is 44.1 Å². The summed E-state index contributed by atoms with van der Waals surface area (Å²) in [5.74, 6) is 2.45. The lowest BCUT2D eigenvalue weighted by Gasteiger charge is -2.40. The van der Waals surface area contributed by atoms with Crippen molar-refractivity contribution in [2.24, 2.45) is 10.9 Å². The second-order valence-corrected chi connectivity index (χ2v) is 7.68. The molecule has 1 aromatic carbocycles. The summed E-state index contributed by atoms with van der Waals surface area (Å²) >= 11 is 0. The average Bonchev–Trinajstić information content (AvgIpc) is 3.18. The van der Waals surface area contributed by atoms with Gasteiger partial charge in [0.05, 0.1) is 7.11 Å². The lowest BCUT2D eigenvalue weighted by atomic mass is 9.85. The second-order valence-electron chi connectivity index (χ2n) is 7.68. The third kappa shape index (κ3) is 4.70. The molecule has 2 unspecified atom stereocenters. The van der Waals surface area contributed by atoms with Gasteiger partial charge in [-0.15, -0.1) is 0 Å². The van der Waals surface area contributed by atoms with E-state index < -0.39 is 0 Å². The molecule has 0 aromatic heterocycles. The molecule has 2 aliphatic rings. The number of nitrogens with zero attached hydrogens (tertiary/aromatic N) is 2. The zero-order valence-corrected chi connectivity index (χ0v) is 16.5. The first-order chi connectivity index (χ1) is 12.7. The molecule has 1 heterocycles. The molecule has 0 bridgehead atoms. The molecule has 1 aromatic rings. The van der Waals surface area contributed by atoms with Crippen molar-refractivity contribution in [1.29, 1.82) is 0 Å². The summed E-state index contributed by atoms with van der Waals surface area (Å²) in [7, 11) is 5.84. The van der Waals surface area contributed by atoms with Crippen molar-refractivity contribution in [2.45, 2.75) is 50.6 Å². The highest BCUT2D eigenvalue weighted by Gasteiger charge is 2.30. The summed E-state index contributed by atoms with van der Waals surface area (Å²) in [6, 6.07) is 9.60. The Morgan fingerprint density at radius 2 is 1.88 bits per heavy atom. The summed E-state index contributed by atoms with van der Waals surface area (Å²) < 4.78 is 5.32. The molecule has 1 aliphatic heterocycles. The van der Waals surface area contributed by atoms with E-state index in [2.05, 4.69) is 51.8 Å². The number of ether oxygens (including phenoxy) is 1. The maximum atomic E-state index is 5.32. The summed E-state index contributed by atoms with van der Waals surface area (Å²) in [4.78, 5) is 6.93. The van der Waals surface area contributed by atoms with Crippen LogP contribution in [0.25, 0.3) is 0 Å². The van der Waals surface area contributed by atoms with Gasteiger partial charge in [-0.05, 0) is 62.9 Å². The van der Waals surface area contributed by atoms with Gasteiger partial charge >= 0.3 is 0 Å². The van der Waals surface area contributed by atoms with Gasteiger partial charge in [0.15, 0.2) is 5.96 Å². The summed E-state index contributed by atoms with van der Waals surface area (Å²) in [5, 5.41) is 7.19. The average molecular weight is 359 g/mol. The first-order valence-electron chi connectivity index (χ1n) is 10.0. The number of piperidine rings is 1. The van der Waals surface area contributed by atoms with Crippen molar-refractivity contribution in [2.75, 3.05) is 34.3 Å². The van der Waals surface area contributed by atoms with Crippen LogP contribution in [0.3, 0.4) is 0 Å². The van der Waals surface area contributed by atoms with Crippen LogP contribution in [0.5, 0.6) is 5.75 Å². The van der Waals surface area contributed by atoms with Crippen LogP contribution >= 0.6 is 0 Å². The third-order valence-electron chi connectivity index (χ3n) is 5.92. The Balaban J connectivity index is 1.63. The van der Waals surface area contributed by atoms with Crippen LogP contribution in [-0.2, 0) is 0 Å². The Bertz CT molecular complexity index is 580. The number of guanidine groups is 1. The third-order valence-corrected chi connectivity index (χ3v) is 5.92. The van der Waals surface area contributed by atoms with Gasteiger partial charge in [0.25, 0.3) is 0 Å². The van der Waals surface area contributed by atoms with Crippen LogP contribution in [0, 0.1) is 5.92 Å². The van der Waals surface area contributed by atoms with E-state index in [9.17, 15) is 0 Å². The lowest BCUT2D eigenvalue weighted by molar-refractivity contribution is 0.122. The predicted molar refractivity (Wildman–Crippen MR) is 108 cm³/mol. The van der Waals surface area contributed by atoms with Crippen LogP contribution in [-0.4, -0.2) is 51.2 Å². The highest BCUT2D eigenvalue weighted by atomic mass is 16.5. The Hall–Kier alpha value is -1.75. The van der Waals surface area contributed by atoms with Crippen molar-refractivity contribution in [1.82, 2.24) is 15.5 Å². The minimum Gasteiger partial charge on any atom is -0.497 e. The van der Waals surface area contributed by atoms with Crippen LogP contribution < -0.4 is 15.4 Å². The van der Waals surface area contributed by atoms with Crippen molar-refractivity contribution in [3.05, 3.63) is 29.8 Å². The number of methoxy groups -OCH3 is 1. The van der Waals surface area contributed by atoms with Crippen molar-refractivity contribution < 1.29 is 4.74 Å². The number of hydrogen-bond acceptors (Lipinski definition) is 3. The highest BCUT2D eigenvalue weighted by Crippen LogP contribution is 2.35. The van der Waals surface area contributed by atoms with E-state index >= 15 is 0 Å². The zero-order valence-electron chi connectivity index (χ0n) is 16.5. The molecule has 0 spiro atoms. The van der Waals surface area contributed by atoms with Gasteiger partial charge in [0, 0.05) is 25.7 Å². The molecule has 3 rings (SSSR count). The fourth-order valence-corrected chi connectivity index (χ4v) is 4.49. The zero-order chi connectivity index (χ0) is 18.4. The number of likely N-dealkylation sites (tertiary alicyclic amines) is 1. The molecule has 2 atom stereocenters. The van der Waals surface area contributed by atoms with Crippen LogP contribution in [0.15, 0.2) is 29.3 Å². The molecular formula is C21H34N4O. The molecule has 2 fully saturated rings. The van der Waals surface area contributed by atoms with E-state index in [0.717, 1.165) is 24.8 Å². The van der Waals surface area contributed by atoms with Gasteiger partial charge in [0.1, 0.15) is 5.75 Å². The predicted octanol–water partition coefficient (Wildman–Crippen LogP) is 3.19. The largest absolute Gasteiger partial charge is 0.497 e. The molecule has 26 heavy (non-hydrogen) atoms. The highest BCUT2D eigenvalue weighted by molar-refractivity contribution is 5.80. The van der Waals surface area contributed by atoms with Crippen molar-refractivity contribution in [3.63, 3.8) is 0 Å². The number of benzene rings is 1. The standard InChI is InChI=1S/C21H34N4O/c1-22-21(24-18-8-4-5-9-18)23-15-17-7-6-14-25(2)20(17)16-10-12-19(26-3)13-11-16/h10-13,17-18,20H,4-9,14-15H2,1-3H3,(H2,22,23,24). The maximum absolute atomic E-state index is 5.32. The minimum absolute atomic E-state index is 0.437. The van der Waals surface area contributed by atoms with Crippen molar-refractivity contribution >= 4 is 5.96 Å². The molecule has 1 saturated heterocycles. The number of nitrogens with one attached hydrogen (secondary N) is 2. The van der Waals surface area contributed by atoms with E-state index in [1.54, 1.807) is 7.11 Å². The molecule has 5 nitrogen and oxygen atoms in total. The lowest BCUT2D eigenvalue weighted by Crippen LogP contribution is -2.47. The number of hydrogen-bond donors (Lipinski definition) is 2. The molecular weight excluding hydrogens is 324 g/mol. The molecule has 1 aliphatic carbocycles. The van der Waals surface area contributed by atoms with E-state index in [-0.39, 0.29) is 0 Å². The summed E-state index contributed by atoms with van der Waals surface area (Å²) in [6.07, 6.45) is 7.70.